The zero-order valence-electron chi connectivity index (χ0n) is 13.8. The fourth-order valence-electron chi connectivity index (χ4n) is 3.09. The first-order valence-corrected chi connectivity index (χ1v) is 8.01. The van der Waals surface area contributed by atoms with E-state index in [4.69, 9.17) is 0 Å². The molecule has 1 aliphatic heterocycles. The van der Waals surface area contributed by atoms with Gasteiger partial charge in [0.1, 0.15) is 0 Å². The fraction of sp³-hybridized carbons (Fsp3) is 0.368. The molecular weight excluding hydrogens is 288 g/mol. The highest BCUT2D eigenvalue weighted by molar-refractivity contribution is 5.27. The van der Waals surface area contributed by atoms with Gasteiger partial charge < -0.3 is 0 Å². The Balaban J connectivity index is 2.13. The number of benzene rings is 1. The van der Waals surface area contributed by atoms with E-state index in [1.165, 1.54) is 5.56 Å². The molecule has 1 aliphatic rings. The monoisotopic (exact) mass is 312 g/mol. The maximum absolute atomic E-state index is 11.5. The minimum absolute atomic E-state index is 0.0554. The van der Waals surface area contributed by atoms with E-state index in [9.17, 15) is 10.1 Å². The summed E-state index contributed by atoms with van der Waals surface area (Å²) in [5, 5.41) is 11.5. The molecule has 2 rings (SSSR count). The summed E-state index contributed by atoms with van der Waals surface area (Å²) in [7, 11) is 0. The van der Waals surface area contributed by atoms with E-state index in [1.807, 2.05) is 62.4 Å². The van der Waals surface area contributed by atoms with Gasteiger partial charge in [0.05, 0.1) is 12.5 Å². The van der Waals surface area contributed by atoms with E-state index >= 15 is 0 Å². The molecule has 122 valence electrons. The van der Waals surface area contributed by atoms with Crippen LogP contribution >= 0.6 is 0 Å². The van der Waals surface area contributed by atoms with Crippen molar-refractivity contribution < 1.29 is 4.92 Å². The number of nitro groups is 1. The van der Waals surface area contributed by atoms with Gasteiger partial charge in [-0.1, -0.05) is 60.7 Å². The second kappa shape index (κ2) is 8.44. The molecule has 1 fully saturated rings. The van der Waals surface area contributed by atoms with E-state index in [0.717, 1.165) is 18.7 Å². The third-order valence-corrected chi connectivity index (χ3v) is 4.24. The molecule has 1 saturated heterocycles. The van der Waals surface area contributed by atoms with Crippen LogP contribution in [0.3, 0.4) is 0 Å². The molecule has 0 N–H and O–H groups in total. The van der Waals surface area contributed by atoms with Crippen molar-refractivity contribution in [1.82, 2.24) is 4.90 Å². The molecule has 0 saturated carbocycles. The van der Waals surface area contributed by atoms with Crippen molar-refractivity contribution in [2.24, 2.45) is 5.92 Å². The van der Waals surface area contributed by atoms with E-state index in [2.05, 4.69) is 17.0 Å². The maximum Gasteiger partial charge on any atom is 0.233 e. The van der Waals surface area contributed by atoms with Crippen molar-refractivity contribution in [3.63, 3.8) is 0 Å². The molecule has 0 spiro atoms. The van der Waals surface area contributed by atoms with Crippen LogP contribution in [0.5, 0.6) is 0 Å². The highest BCUT2D eigenvalue weighted by Gasteiger charge is 2.41. The average molecular weight is 312 g/mol. The quantitative estimate of drug-likeness (QED) is 0.455. The molecule has 0 radical (unpaired) electrons. The molecule has 0 aromatic heterocycles. The van der Waals surface area contributed by atoms with Gasteiger partial charge in [0.25, 0.3) is 0 Å². The average Bonchev–Trinajstić information content (AvgIpc) is 2.96. The summed E-state index contributed by atoms with van der Waals surface area (Å²) in [5.74, 6) is -0.0554. The Morgan fingerprint density at radius 2 is 2.00 bits per heavy atom. The summed E-state index contributed by atoms with van der Waals surface area (Å²) >= 11 is 0. The van der Waals surface area contributed by atoms with Gasteiger partial charge in [-0.25, -0.2) is 0 Å². The standard InChI is InChI=1S/C19H24N2O2/c1-3-5-7-12-17(4-2)18-14-20(15-19(18)21(22)23)13-16-10-8-6-9-11-16/h3-12,18-19H,13-15H2,1-2H3/b5-3-,12-7-,17-4+. The van der Waals surface area contributed by atoms with Crippen LogP contribution in [0.4, 0.5) is 0 Å². The minimum Gasteiger partial charge on any atom is -0.292 e. The second-order valence-corrected chi connectivity index (χ2v) is 5.81. The smallest absolute Gasteiger partial charge is 0.233 e. The van der Waals surface area contributed by atoms with Gasteiger partial charge in [0, 0.05) is 18.0 Å². The Bertz CT molecular complexity index is 605. The predicted molar refractivity (Wildman–Crippen MR) is 93.7 cm³/mol. The van der Waals surface area contributed by atoms with Crippen LogP contribution in [0.25, 0.3) is 0 Å². The lowest BCUT2D eigenvalue weighted by atomic mass is 9.94. The first-order valence-electron chi connectivity index (χ1n) is 8.01. The van der Waals surface area contributed by atoms with Gasteiger partial charge >= 0.3 is 0 Å². The van der Waals surface area contributed by atoms with Crippen molar-refractivity contribution in [2.45, 2.75) is 26.4 Å². The lowest BCUT2D eigenvalue weighted by Gasteiger charge is -2.15. The molecule has 4 heteroatoms. The van der Waals surface area contributed by atoms with Crippen LogP contribution in [0, 0.1) is 16.0 Å². The summed E-state index contributed by atoms with van der Waals surface area (Å²) in [6, 6.07) is 9.59. The largest absolute Gasteiger partial charge is 0.292 e. The van der Waals surface area contributed by atoms with E-state index in [-0.39, 0.29) is 10.8 Å². The Morgan fingerprint density at radius 1 is 1.26 bits per heavy atom. The maximum atomic E-state index is 11.5. The molecule has 4 nitrogen and oxygen atoms in total. The highest BCUT2D eigenvalue weighted by Crippen LogP contribution is 2.28. The molecule has 1 aromatic rings. The summed E-state index contributed by atoms with van der Waals surface area (Å²) in [4.78, 5) is 13.5. The minimum atomic E-state index is -0.542. The fourth-order valence-corrected chi connectivity index (χ4v) is 3.09. The number of hydrogen-bond acceptors (Lipinski definition) is 3. The second-order valence-electron chi connectivity index (χ2n) is 5.81. The van der Waals surface area contributed by atoms with E-state index in [1.54, 1.807) is 0 Å². The molecular formula is C19H24N2O2. The molecule has 2 unspecified atom stereocenters. The molecule has 1 aromatic carbocycles. The van der Waals surface area contributed by atoms with Crippen LogP contribution in [-0.4, -0.2) is 29.0 Å². The third-order valence-electron chi connectivity index (χ3n) is 4.24. The summed E-state index contributed by atoms with van der Waals surface area (Å²) < 4.78 is 0. The molecule has 2 atom stereocenters. The SMILES string of the molecule is C\C=C/C=C\C(=C/C)C1CN(Cc2ccccc2)CC1[N+](=O)[O-]. The van der Waals surface area contributed by atoms with Crippen molar-refractivity contribution in [3.05, 3.63) is 82.0 Å². The zero-order valence-corrected chi connectivity index (χ0v) is 13.8. The van der Waals surface area contributed by atoms with Gasteiger partial charge in [-0.3, -0.25) is 15.0 Å². The van der Waals surface area contributed by atoms with Gasteiger partial charge in [-0.15, -0.1) is 0 Å². The Hall–Kier alpha value is -2.20. The summed E-state index contributed by atoms with van der Waals surface area (Å²) in [6.07, 6.45) is 9.83. The third kappa shape index (κ3) is 4.63. The Labute approximate surface area is 138 Å². The highest BCUT2D eigenvalue weighted by atomic mass is 16.6. The lowest BCUT2D eigenvalue weighted by Crippen LogP contribution is -2.29. The Morgan fingerprint density at radius 3 is 2.61 bits per heavy atom. The first-order chi connectivity index (χ1) is 11.2. The van der Waals surface area contributed by atoms with Crippen molar-refractivity contribution in [1.29, 1.82) is 0 Å². The number of allylic oxidation sites excluding steroid dienone is 5. The molecule has 0 aliphatic carbocycles. The van der Waals surface area contributed by atoms with Crippen molar-refractivity contribution in [2.75, 3.05) is 13.1 Å². The molecule has 23 heavy (non-hydrogen) atoms. The van der Waals surface area contributed by atoms with Crippen molar-refractivity contribution >= 4 is 0 Å². The van der Waals surface area contributed by atoms with Crippen LogP contribution in [0.2, 0.25) is 0 Å². The van der Waals surface area contributed by atoms with Gasteiger partial charge in [-0.2, -0.15) is 0 Å². The van der Waals surface area contributed by atoms with Gasteiger partial charge in [-0.05, 0) is 25.0 Å². The summed E-state index contributed by atoms with van der Waals surface area (Å²) in [6.45, 7) is 5.89. The normalized spacial score (nSPS) is 23.1. The van der Waals surface area contributed by atoms with Crippen LogP contribution in [0.15, 0.2) is 66.3 Å². The topological polar surface area (TPSA) is 46.4 Å². The molecule has 0 amide bonds. The number of hydrogen-bond donors (Lipinski definition) is 0. The van der Waals surface area contributed by atoms with Gasteiger partial charge in [0.15, 0.2) is 0 Å². The van der Waals surface area contributed by atoms with E-state index < -0.39 is 6.04 Å². The van der Waals surface area contributed by atoms with Crippen LogP contribution < -0.4 is 0 Å². The van der Waals surface area contributed by atoms with Crippen LogP contribution in [-0.2, 0) is 6.54 Å². The van der Waals surface area contributed by atoms with E-state index in [0.29, 0.717) is 6.54 Å². The molecule has 0 bridgehead atoms. The molecule has 1 heterocycles. The first kappa shape index (κ1) is 17.2. The predicted octanol–water partition coefficient (Wildman–Crippen LogP) is 3.84. The van der Waals surface area contributed by atoms with Crippen molar-refractivity contribution in [3.8, 4) is 0 Å². The Kier molecular flexibility index (Phi) is 6.29. The number of rotatable bonds is 6. The van der Waals surface area contributed by atoms with Gasteiger partial charge in [0.2, 0.25) is 6.04 Å². The number of nitrogens with zero attached hydrogens (tertiary/aromatic N) is 2. The summed E-state index contributed by atoms with van der Waals surface area (Å²) in [5.41, 5.74) is 2.24. The zero-order chi connectivity index (χ0) is 16.7. The van der Waals surface area contributed by atoms with Crippen LogP contribution in [0.1, 0.15) is 19.4 Å². The number of likely N-dealkylation sites (tertiary alicyclic amines) is 1. The lowest BCUT2D eigenvalue weighted by molar-refractivity contribution is -0.524.